The zero-order chi connectivity index (χ0) is 13.0. The van der Waals surface area contributed by atoms with Gasteiger partial charge in [0.15, 0.2) is 0 Å². The van der Waals surface area contributed by atoms with Crippen molar-refractivity contribution in [1.82, 2.24) is 4.90 Å². The van der Waals surface area contributed by atoms with E-state index in [1.54, 1.807) is 10.3 Å². The second-order valence-electron chi connectivity index (χ2n) is 3.75. The van der Waals surface area contributed by atoms with Crippen LogP contribution in [0.5, 0.6) is 5.75 Å². The summed E-state index contributed by atoms with van der Waals surface area (Å²) in [5, 5.41) is 1.59. The van der Waals surface area contributed by atoms with Crippen molar-refractivity contribution in [1.29, 1.82) is 0 Å². The number of rotatable bonds is 3. The maximum absolute atomic E-state index is 12.2. The summed E-state index contributed by atoms with van der Waals surface area (Å²) in [7, 11) is 0. The minimum absolute atomic E-state index is 0.0168. The first-order valence-corrected chi connectivity index (χ1v) is 7.61. The van der Waals surface area contributed by atoms with Gasteiger partial charge in [-0.1, -0.05) is 0 Å². The number of halogens is 2. The summed E-state index contributed by atoms with van der Waals surface area (Å²) in [4.78, 5) is 14.2. The lowest BCUT2D eigenvalue weighted by atomic mass is 10.3. The smallest absolute Gasteiger partial charge is 0.387 e. The number of nitrogens with zero attached hydrogens (tertiary/aromatic N) is 1. The first kappa shape index (κ1) is 13.6. The number of hydrogen-bond donors (Lipinski definition) is 0. The molecular weight excluding hydrogens is 280 g/mol. The standard InChI is InChI=1S/C11H13F2NO2S2/c12-11(13)16-8-2-6-18-9(8)10(15)14-3-1-5-17-7-4-14/h2,6,11H,1,3-5,7H2. The summed E-state index contributed by atoms with van der Waals surface area (Å²) in [6.07, 6.45) is 0.937. The van der Waals surface area contributed by atoms with Crippen LogP contribution in [0.3, 0.4) is 0 Å². The normalized spacial score (nSPS) is 16.7. The Morgan fingerprint density at radius 2 is 2.22 bits per heavy atom. The highest BCUT2D eigenvalue weighted by molar-refractivity contribution is 7.99. The van der Waals surface area contributed by atoms with Gasteiger partial charge in [-0.25, -0.2) is 0 Å². The Balaban J connectivity index is 2.09. The minimum Gasteiger partial charge on any atom is -0.433 e. The van der Waals surface area contributed by atoms with E-state index in [2.05, 4.69) is 4.74 Å². The van der Waals surface area contributed by atoms with Crippen molar-refractivity contribution in [3.05, 3.63) is 16.3 Å². The third-order valence-corrected chi connectivity index (χ3v) is 4.48. The fraction of sp³-hybridized carbons (Fsp3) is 0.545. The van der Waals surface area contributed by atoms with E-state index in [1.165, 1.54) is 6.07 Å². The molecule has 1 fully saturated rings. The number of alkyl halides is 2. The van der Waals surface area contributed by atoms with Gasteiger partial charge >= 0.3 is 6.61 Å². The number of thiophene rings is 1. The Labute approximate surface area is 112 Å². The number of ether oxygens (including phenoxy) is 1. The van der Waals surface area contributed by atoms with Gasteiger partial charge in [0.1, 0.15) is 10.6 Å². The molecular formula is C11H13F2NO2S2. The SMILES string of the molecule is O=C(c1sccc1OC(F)F)N1CCCSCC1. The maximum Gasteiger partial charge on any atom is 0.387 e. The van der Waals surface area contributed by atoms with E-state index < -0.39 is 6.61 Å². The average molecular weight is 293 g/mol. The Bertz CT molecular complexity index is 404. The van der Waals surface area contributed by atoms with Crippen molar-refractivity contribution in [2.24, 2.45) is 0 Å². The number of thioether (sulfide) groups is 1. The van der Waals surface area contributed by atoms with Gasteiger partial charge in [-0.05, 0) is 23.6 Å². The Morgan fingerprint density at radius 1 is 1.39 bits per heavy atom. The van der Waals surface area contributed by atoms with Crippen LogP contribution in [0.15, 0.2) is 11.4 Å². The molecule has 1 aliphatic heterocycles. The van der Waals surface area contributed by atoms with Crippen LogP contribution in [0.2, 0.25) is 0 Å². The molecule has 3 nitrogen and oxygen atoms in total. The Hall–Kier alpha value is -0.820. The summed E-state index contributed by atoms with van der Waals surface area (Å²) in [6.45, 7) is -1.56. The minimum atomic E-state index is -2.90. The lowest BCUT2D eigenvalue weighted by molar-refractivity contribution is -0.0499. The van der Waals surface area contributed by atoms with Crippen molar-refractivity contribution in [2.75, 3.05) is 24.6 Å². The summed E-state index contributed by atoms with van der Waals surface area (Å²) in [5.74, 6) is 1.71. The van der Waals surface area contributed by atoms with Crippen LogP contribution < -0.4 is 4.74 Å². The van der Waals surface area contributed by atoms with Crippen LogP contribution in [0.4, 0.5) is 8.78 Å². The molecule has 0 unspecified atom stereocenters. The summed E-state index contributed by atoms with van der Waals surface area (Å²) >= 11 is 2.95. The average Bonchev–Trinajstić information content (AvgIpc) is 2.63. The first-order chi connectivity index (χ1) is 8.68. The van der Waals surface area contributed by atoms with E-state index >= 15 is 0 Å². The highest BCUT2D eigenvalue weighted by Gasteiger charge is 2.23. The molecule has 7 heteroatoms. The summed E-state index contributed by atoms with van der Waals surface area (Å²) < 4.78 is 28.8. The van der Waals surface area contributed by atoms with E-state index in [0.717, 1.165) is 29.3 Å². The van der Waals surface area contributed by atoms with Gasteiger partial charge in [-0.2, -0.15) is 20.5 Å². The largest absolute Gasteiger partial charge is 0.433 e. The highest BCUT2D eigenvalue weighted by Crippen LogP contribution is 2.28. The lowest BCUT2D eigenvalue weighted by Crippen LogP contribution is -2.32. The highest BCUT2D eigenvalue weighted by atomic mass is 32.2. The van der Waals surface area contributed by atoms with Crippen LogP contribution in [-0.4, -0.2) is 42.0 Å². The number of carbonyl (C=O) groups is 1. The molecule has 1 amide bonds. The number of amides is 1. The van der Waals surface area contributed by atoms with Gasteiger partial charge in [0, 0.05) is 18.8 Å². The van der Waals surface area contributed by atoms with E-state index in [-0.39, 0.29) is 16.5 Å². The van der Waals surface area contributed by atoms with Crippen molar-refractivity contribution < 1.29 is 18.3 Å². The molecule has 2 rings (SSSR count). The molecule has 18 heavy (non-hydrogen) atoms. The van der Waals surface area contributed by atoms with Crippen molar-refractivity contribution >= 4 is 29.0 Å². The molecule has 0 atom stereocenters. The van der Waals surface area contributed by atoms with Crippen LogP contribution >= 0.6 is 23.1 Å². The van der Waals surface area contributed by atoms with Crippen molar-refractivity contribution in [2.45, 2.75) is 13.0 Å². The van der Waals surface area contributed by atoms with Crippen molar-refractivity contribution in [3.63, 3.8) is 0 Å². The molecule has 1 saturated heterocycles. The van der Waals surface area contributed by atoms with Gasteiger partial charge in [-0.3, -0.25) is 4.79 Å². The Morgan fingerprint density at radius 3 is 3.00 bits per heavy atom. The van der Waals surface area contributed by atoms with Gasteiger partial charge in [0.25, 0.3) is 5.91 Å². The molecule has 0 aromatic carbocycles. The molecule has 0 aliphatic carbocycles. The molecule has 1 aliphatic rings. The monoisotopic (exact) mass is 293 g/mol. The van der Waals surface area contributed by atoms with E-state index in [4.69, 9.17) is 0 Å². The fourth-order valence-corrected chi connectivity index (χ4v) is 3.41. The molecule has 2 heterocycles. The first-order valence-electron chi connectivity index (χ1n) is 5.58. The van der Waals surface area contributed by atoms with Crippen LogP contribution in [0.1, 0.15) is 16.1 Å². The molecule has 0 bridgehead atoms. The van der Waals surface area contributed by atoms with E-state index in [0.29, 0.717) is 13.1 Å². The van der Waals surface area contributed by atoms with Crippen LogP contribution in [-0.2, 0) is 0 Å². The summed E-state index contributed by atoms with van der Waals surface area (Å²) in [5.41, 5.74) is 0. The predicted molar refractivity (Wildman–Crippen MR) is 68.8 cm³/mol. The van der Waals surface area contributed by atoms with Crippen molar-refractivity contribution in [3.8, 4) is 5.75 Å². The number of hydrogen-bond acceptors (Lipinski definition) is 4. The van der Waals surface area contributed by atoms with Crippen LogP contribution in [0.25, 0.3) is 0 Å². The molecule has 0 radical (unpaired) electrons. The lowest BCUT2D eigenvalue weighted by Gasteiger charge is -2.19. The Kier molecular flexibility index (Phi) is 4.82. The van der Waals surface area contributed by atoms with Crippen LogP contribution in [0, 0.1) is 0 Å². The molecule has 1 aromatic heterocycles. The maximum atomic E-state index is 12.2. The molecule has 0 N–H and O–H groups in total. The second-order valence-corrected chi connectivity index (χ2v) is 5.89. The third kappa shape index (κ3) is 3.35. The quantitative estimate of drug-likeness (QED) is 0.858. The zero-order valence-corrected chi connectivity index (χ0v) is 11.2. The molecule has 100 valence electrons. The van der Waals surface area contributed by atoms with Gasteiger partial charge in [0.05, 0.1) is 0 Å². The topological polar surface area (TPSA) is 29.5 Å². The summed E-state index contributed by atoms with van der Waals surface area (Å²) in [6, 6.07) is 1.41. The molecule has 0 saturated carbocycles. The number of carbonyl (C=O) groups excluding carboxylic acids is 1. The zero-order valence-electron chi connectivity index (χ0n) is 9.60. The third-order valence-electron chi connectivity index (χ3n) is 2.55. The molecule has 1 aromatic rings. The predicted octanol–water partition coefficient (Wildman–Crippen LogP) is 2.93. The van der Waals surface area contributed by atoms with E-state index in [1.807, 2.05) is 11.8 Å². The second kappa shape index (κ2) is 6.38. The molecule has 0 spiro atoms. The van der Waals surface area contributed by atoms with Gasteiger partial charge in [-0.15, -0.1) is 11.3 Å². The fourth-order valence-electron chi connectivity index (χ4n) is 1.73. The van der Waals surface area contributed by atoms with Gasteiger partial charge in [0.2, 0.25) is 0 Å². The van der Waals surface area contributed by atoms with Gasteiger partial charge < -0.3 is 9.64 Å². The van der Waals surface area contributed by atoms with E-state index in [9.17, 15) is 13.6 Å².